The molecule has 0 aliphatic heterocycles. The van der Waals surface area contributed by atoms with Crippen LogP contribution in [0.2, 0.25) is 0 Å². The van der Waals surface area contributed by atoms with Gasteiger partial charge in [-0.2, -0.15) is 0 Å². The molecular weight excluding hydrogens is 244 g/mol. The smallest absolute Gasteiger partial charge is 0.136 e. The Kier molecular flexibility index (Phi) is 10.2. The summed E-state index contributed by atoms with van der Waals surface area (Å²) in [6, 6.07) is 0. The molecule has 2 saturated carbocycles. The van der Waals surface area contributed by atoms with Crippen molar-refractivity contribution in [3.8, 4) is 0 Å². The first-order valence-electron chi connectivity index (χ1n) is 9.20. The minimum Gasteiger partial charge on any atom is -0.299 e. The van der Waals surface area contributed by atoms with Gasteiger partial charge in [-0.05, 0) is 36.5 Å². The number of rotatable bonds is 3. The first-order valence-corrected chi connectivity index (χ1v) is 9.20. The number of hydrogen-bond acceptors (Lipinski definition) is 1. The highest BCUT2D eigenvalue weighted by Gasteiger charge is 2.46. The van der Waals surface area contributed by atoms with Crippen LogP contribution in [-0.4, -0.2) is 5.78 Å². The van der Waals surface area contributed by atoms with Crippen LogP contribution in [0.15, 0.2) is 0 Å². The second-order valence-corrected chi connectivity index (χ2v) is 6.11. The van der Waals surface area contributed by atoms with Crippen LogP contribution in [0, 0.1) is 29.6 Å². The lowest BCUT2D eigenvalue weighted by Crippen LogP contribution is -2.32. The molecule has 0 bridgehead atoms. The van der Waals surface area contributed by atoms with Crippen molar-refractivity contribution in [2.45, 2.75) is 87.0 Å². The summed E-state index contributed by atoms with van der Waals surface area (Å²) in [5.41, 5.74) is 0. The van der Waals surface area contributed by atoms with Crippen molar-refractivity contribution in [1.82, 2.24) is 0 Å². The van der Waals surface area contributed by atoms with Crippen LogP contribution in [0.1, 0.15) is 87.0 Å². The van der Waals surface area contributed by atoms with Crippen LogP contribution in [0.4, 0.5) is 0 Å². The van der Waals surface area contributed by atoms with E-state index in [1.807, 2.05) is 27.7 Å². The Morgan fingerprint density at radius 2 is 1.60 bits per heavy atom. The second-order valence-electron chi connectivity index (χ2n) is 6.11. The summed E-state index contributed by atoms with van der Waals surface area (Å²) in [5.74, 6) is 4.14. The van der Waals surface area contributed by atoms with E-state index in [9.17, 15) is 4.79 Å². The van der Waals surface area contributed by atoms with E-state index >= 15 is 0 Å². The molecule has 2 fully saturated rings. The highest BCUT2D eigenvalue weighted by molar-refractivity contribution is 5.84. The molecule has 0 saturated heterocycles. The van der Waals surface area contributed by atoms with Gasteiger partial charge in [0.2, 0.25) is 0 Å². The van der Waals surface area contributed by atoms with Gasteiger partial charge in [0.05, 0.1) is 0 Å². The molecule has 120 valence electrons. The van der Waals surface area contributed by atoms with E-state index in [0.29, 0.717) is 17.6 Å². The van der Waals surface area contributed by atoms with Gasteiger partial charge in [0.15, 0.2) is 0 Å². The summed E-state index contributed by atoms with van der Waals surface area (Å²) in [4.78, 5) is 11.9. The van der Waals surface area contributed by atoms with Crippen molar-refractivity contribution in [3.63, 3.8) is 0 Å². The SMILES string of the molecule is CC.CC.CCCC1CC2C(C)CC(=O)C2CC1CC. The quantitative estimate of drug-likeness (QED) is 0.609. The normalized spacial score (nSPS) is 35.4. The van der Waals surface area contributed by atoms with Crippen LogP contribution in [0.25, 0.3) is 0 Å². The zero-order valence-corrected chi connectivity index (χ0v) is 15.0. The van der Waals surface area contributed by atoms with E-state index in [2.05, 4.69) is 20.8 Å². The van der Waals surface area contributed by atoms with Crippen LogP contribution in [0.3, 0.4) is 0 Å². The minimum atomic E-state index is 0.438. The van der Waals surface area contributed by atoms with Gasteiger partial charge < -0.3 is 0 Å². The first kappa shape index (κ1) is 19.7. The second kappa shape index (κ2) is 10.4. The molecule has 0 radical (unpaired) electrons. The average molecular weight is 283 g/mol. The Hall–Kier alpha value is -0.330. The van der Waals surface area contributed by atoms with Crippen molar-refractivity contribution in [2.75, 3.05) is 0 Å². The van der Waals surface area contributed by atoms with Gasteiger partial charge >= 0.3 is 0 Å². The van der Waals surface area contributed by atoms with Crippen molar-refractivity contribution in [2.24, 2.45) is 29.6 Å². The van der Waals surface area contributed by atoms with Crippen molar-refractivity contribution < 1.29 is 4.79 Å². The predicted molar refractivity (Wildman–Crippen MR) is 89.9 cm³/mol. The van der Waals surface area contributed by atoms with Crippen molar-refractivity contribution in [3.05, 3.63) is 0 Å². The largest absolute Gasteiger partial charge is 0.299 e. The standard InChI is InChI=1S/C15H26O.2C2H6/c1-4-6-12-9-13-10(3)7-15(16)14(13)8-11(12)5-2;2*1-2/h10-14H,4-9H2,1-3H3;2*1-2H3. The molecule has 2 aliphatic rings. The number of carbonyl (C=O) groups excluding carboxylic acids is 1. The number of ketones is 1. The first-order chi connectivity index (χ1) is 9.67. The molecule has 5 unspecified atom stereocenters. The zero-order valence-electron chi connectivity index (χ0n) is 15.0. The molecule has 0 aromatic rings. The van der Waals surface area contributed by atoms with Gasteiger partial charge in [-0.1, -0.05) is 67.7 Å². The summed E-state index contributed by atoms with van der Waals surface area (Å²) >= 11 is 0. The lowest BCUT2D eigenvalue weighted by Gasteiger charge is -2.39. The highest BCUT2D eigenvalue weighted by Crippen LogP contribution is 2.49. The fraction of sp³-hybridized carbons (Fsp3) is 0.947. The third kappa shape index (κ3) is 4.60. The Labute approximate surface area is 127 Å². The van der Waals surface area contributed by atoms with Gasteiger partial charge in [0.25, 0.3) is 0 Å². The summed E-state index contributed by atoms with van der Waals surface area (Å²) in [5, 5.41) is 0. The van der Waals surface area contributed by atoms with Crippen molar-refractivity contribution >= 4 is 5.78 Å². The number of hydrogen-bond donors (Lipinski definition) is 0. The monoisotopic (exact) mass is 282 g/mol. The molecule has 0 spiro atoms. The van der Waals surface area contributed by atoms with E-state index in [1.165, 1.54) is 32.1 Å². The van der Waals surface area contributed by atoms with Gasteiger partial charge in [-0.25, -0.2) is 0 Å². The molecule has 0 amide bonds. The highest BCUT2D eigenvalue weighted by atomic mass is 16.1. The number of Topliss-reactive ketones (excluding diaryl/α,β-unsaturated/α-hetero) is 1. The fourth-order valence-electron chi connectivity index (χ4n) is 4.24. The molecule has 1 nitrogen and oxygen atoms in total. The molecule has 1 heteroatoms. The van der Waals surface area contributed by atoms with E-state index in [4.69, 9.17) is 0 Å². The molecule has 0 N–H and O–H groups in total. The number of carbonyl (C=O) groups is 1. The van der Waals surface area contributed by atoms with E-state index < -0.39 is 0 Å². The van der Waals surface area contributed by atoms with E-state index in [-0.39, 0.29) is 0 Å². The van der Waals surface area contributed by atoms with Gasteiger partial charge in [-0.3, -0.25) is 4.79 Å². The van der Waals surface area contributed by atoms with E-state index in [1.54, 1.807) is 0 Å². The Bertz CT molecular complexity index is 258. The van der Waals surface area contributed by atoms with Gasteiger partial charge in [0, 0.05) is 12.3 Å². The molecule has 0 aromatic heterocycles. The average Bonchev–Trinajstić information content (AvgIpc) is 2.77. The Balaban J connectivity index is 0.000000829. The molecule has 5 atom stereocenters. The van der Waals surface area contributed by atoms with Gasteiger partial charge in [-0.15, -0.1) is 0 Å². The topological polar surface area (TPSA) is 17.1 Å². The zero-order chi connectivity index (χ0) is 15.7. The van der Waals surface area contributed by atoms with Crippen LogP contribution < -0.4 is 0 Å². The third-order valence-electron chi connectivity index (χ3n) is 5.17. The maximum Gasteiger partial charge on any atom is 0.136 e. The van der Waals surface area contributed by atoms with E-state index in [0.717, 1.165) is 24.2 Å². The van der Waals surface area contributed by atoms with Gasteiger partial charge in [0.1, 0.15) is 5.78 Å². The molecule has 2 aliphatic carbocycles. The molecule has 2 rings (SSSR count). The van der Waals surface area contributed by atoms with Crippen molar-refractivity contribution in [1.29, 1.82) is 0 Å². The maximum atomic E-state index is 11.9. The maximum absolute atomic E-state index is 11.9. The summed E-state index contributed by atoms with van der Waals surface area (Å²) in [6.07, 6.45) is 7.36. The van der Waals surface area contributed by atoms with Crippen LogP contribution >= 0.6 is 0 Å². The Morgan fingerprint density at radius 3 is 2.10 bits per heavy atom. The number of fused-ring (bicyclic) bond motifs is 1. The molecule has 0 heterocycles. The Morgan fingerprint density at radius 1 is 1.00 bits per heavy atom. The lowest BCUT2D eigenvalue weighted by atomic mass is 9.66. The molecular formula is C19H38O. The summed E-state index contributed by atoms with van der Waals surface area (Å²) < 4.78 is 0. The summed E-state index contributed by atoms with van der Waals surface area (Å²) in [7, 11) is 0. The minimum absolute atomic E-state index is 0.438. The predicted octanol–water partition coefficient (Wildman–Crippen LogP) is 6.12. The fourth-order valence-corrected chi connectivity index (χ4v) is 4.24. The summed E-state index contributed by atoms with van der Waals surface area (Å²) in [6.45, 7) is 14.9. The molecule has 20 heavy (non-hydrogen) atoms. The van der Waals surface area contributed by atoms with Crippen LogP contribution in [0.5, 0.6) is 0 Å². The van der Waals surface area contributed by atoms with Crippen LogP contribution in [-0.2, 0) is 4.79 Å². The third-order valence-corrected chi connectivity index (χ3v) is 5.17. The lowest BCUT2D eigenvalue weighted by molar-refractivity contribution is -0.122. The molecule has 0 aromatic carbocycles.